The smallest absolute Gasteiger partial charge is 0.243 e. The second kappa shape index (κ2) is 9.00. The largest absolute Gasteiger partial charge is 0.370 e. The van der Waals surface area contributed by atoms with E-state index < -0.39 is 15.8 Å². The number of hydrogen-bond acceptors (Lipinski definition) is 5. The van der Waals surface area contributed by atoms with Crippen LogP contribution < -0.4 is 0 Å². The summed E-state index contributed by atoms with van der Waals surface area (Å²) in [5.74, 6) is -0.416. The molecule has 7 nitrogen and oxygen atoms in total. The first-order valence-corrected chi connectivity index (χ1v) is 11.7. The van der Waals surface area contributed by atoms with Gasteiger partial charge >= 0.3 is 0 Å². The maximum absolute atomic E-state index is 13.2. The lowest BCUT2D eigenvalue weighted by molar-refractivity contribution is 0.103. The zero-order valence-corrected chi connectivity index (χ0v) is 18.8. The van der Waals surface area contributed by atoms with Crippen LogP contribution in [0.5, 0.6) is 0 Å². The molecule has 1 aliphatic rings. The van der Waals surface area contributed by atoms with Gasteiger partial charge < -0.3 is 4.74 Å². The molecule has 0 saturated heterocycles. The summed E-state index contributed by atoms with van der Waals surface area (Å²) >= 11 is 6.05. The lowest BCUT2D eigenvalue weighted by atomic mass is 10.1. The summed E-state index contributed by atoms with van der Waals surface area (Å²) < 4.78 is 48.4. The minimum Gasteiger partial charge on any atom is -0.370 e. The zero-order chi connectivity index (χ0) is 22.9. The molecule has 0 aliphatic carbocycles. The fraction of sp³-hybridized carbons (Fsp3) is 0.273. The summed E-state index contributed by atoms with van der Waals surface area (Å²) in [7, 11) is -1.89. The molecule has 32 heavy (non-hydrogen) atoms. The Kier molecular flexibility index (Phi) is 6.31. The number of nitriles is 1. The molecule has 0 unspecified atom stereocenters. The molecule has 0 amide bonds. The Morgan fingerprint density at radius 1 is 1.22 bits per heavy atom. The van der Waals surface area contributed by atoms with E-state index in [0.29, 0.717) is 29.8 Å². The van der Waals surface area contributed by atoms with E-state index in [1.54, 1.807) is 10.7 Å². The predicted molar refractivity (Wildman–Crippen MR) is 116 cm³/mol. The third-order valence-corrected chi connectivity index (χ3v) is 7.63. The number of rotatable bonds is 6. The first-order valence-electron chi connectivity index (χ1n) is 9.85. The minimum atomic E-state index is -3.72. The van der Waals surface area contributed by atoms with Crippen LogP contribution in [0, 0.1) is 17.1 Å². The van der Waals surface area contributed by atoms with Crippen LogP contribution in [0.3, 0.4) is 0 Å². The molecule has 4 rings (SSSR count). The SMILES string of the molecule is Cn1nc(COCc2ccc(F)cc2Cl)c2c1CCN(S(=O)(=O)c1ccc(C#N)cc1)C2. The highest BCUT2D eigenvalue weighted by atomic mass is 35.5. The number of sulfonamides is 1. The molecular weight excluding hydrogens is 455 g/mol. The number of aromatic nitrogens is 2. The van der Waals surface area contributed by atoms with E-state index in [-0.39, 0.29) is 29.7 Å². The summed E-state index contributed by atoms with van der Waals surface area (Å²) in [5.41, 5.74) is 3.50. The van der Waals surface area contributed by atoms with Gasteiger partial charge in [-0.2, -0.15) is 14.7 Å². The number of nitrogens with zero attached hydrogens (tertiary/aromatic N) is 4. The van der Waals surface area contributed by atoms with Gasteiger partial charge in [0.05, 0.1) is 35.4 Å². The molecule has 0 atom stereocenters. The Bertz CT molecular complexity index is 1300. The lowest BCUT2D eigenvalue weighted by Gasteiger charge is -2.27. The summed E-state index contributed by atoms with van der Waals surface area (Å²) in [6, 6.07) is 12.0. The lowest BCUT2D eigenvalue weighted by Crippen LogP contribution is -2.36. The van der Waals surface area contributed by atoms with Crippen molar-refractivity contribution in [3.8, 4) is 6.07 Å². The van der Waals surface area contributed by atoms with Gasteiger partial charge in [-0.05, 0) is 42.0 Å². The number of benzene rings is 2. The van der Waals surface area contributed by atoms with E-state index in [0.717, 1.165) is 11.3 Å². The van der Waals surface area contributed by atoms with E-state index in [4.69, 9.17) is 21.6 Å². The maximum atomic E-state index is 13.2. The highest BCUT2D eigenvalue weighted by Gasteiger charge is 2.32. The van der Waals surface area contributed by atoms with E-state index in [2.05, 4.69) is 5.10 Å². The minimum absolute atomic E-state index is 0.146. The quantitative estimate of drug-likeness (QED) is 0.545. The van der Waals surface area contributed by atoms with Crippen molar-refractivity contribution < 1.29 is 17.5 Å². The Balaban J connectivity index is 1.50. The number of halogens is 2. The van der Waals surface area contributed by atoms with Crippen molar-refractivity contribution in [1.29, 1.82) is 5.26 Å². The van der Waals surface area contributed by atoms with Crippen LogP contribution in [-0.2, 0) is 48.0 Å². The second-order valence-corrected chi connectivity index (χ2v) is 9.79. The highest BCUT2D eigenvalue weighted by Crippen LogP contribution is 2.28. The topological polar surface area (TPSA) is 88.2 Å². The molecular formula is C22H20ClFN4O3S. The summed E-state index contributed by atoms with van der Waals surface area (Å²) in [5, 5.41) is 13.7. The molecule has 0 radical (unpaired) electrons. The molecule has 0 spiro atoms. The molecule has 1 aromatic heterocycles. The van der Waals surface area contributed by atoms with Crippen LogP contribution in [0.2, 0.25) is 5.02 Å². The maximum Gasteiger partial charge on any atom is 0.243 e. The Morgan fingerprint density at radius 3 is 2.66 bits per heavy atom. The molecule has 2 aromatic carbocycles. The van der Waals surface area contributed by atoms with Gasteiger partial charge in [0, 0.05) is 42.8 Å². The third kappa shape index (κ3) is 4.40. The van der Waals surface area contributed by atoms with E-state index in [1.807, 2.05) is 13.1 Å². The van der Waals surface area contributed by atoms with Gasteiger partial charge in [-0.1, -0.05) is 17.7 Å². The predicted octanol–water partition coefficient (Wildman–Crippen LogP) is 3.55. The normalized spacial score (nSPS) is 14.2. The summed E-state index contributed by atoms with van der Waals surface area (Å²) in [6.07, 6.45) is 0.526. The average Bonchev–Trinajstić information content (AvgIpc) is 3.10. The molecule has 1 aliphatic heterocycles. The number of hydrogen-bond donors (Lipinski definition) is 0. The van der Waals surface area contributed by atoms with E-state index in [1.165, 1.54) is 40.7 Å². The molecule has 0 saturated carbocycles. The van der Waals surface area contributed by atoms with Crippen molar-refractivity contribution in [2.24, 2.45) is 7.05 Å². The first-order chi connectivity index (χ1) is 15.3. The highest BCUT2D eigenvalue weighted by molar-refractivity contribution is 7.89. The molecule has 0 fully saturated rings. The fourth-order valence-electron chi connectivity index (χ4n) is 3.71. The van der Waals surface area contributed by atoms with Crippen LogP contribution in [0.1, 0.15) is 28.1 Å². The van der Waals surface area contributed by atoms with Gasteiger partial charge in [0.1, 0.15) is 5.82 Å². The van der Waals surface area contributed by atoms with Gasteiger partial charge in [-0.25, -0.2) is 12.8 Å². The Labute approximate surface area is 190 Å². The average molecular weight is 475 g/mol. The van der Waals surface area contributed by atoms with Gasteiger partial charge in [0.15, 0.2) is 0 Å². The Hall–Kier alpha value is -2.77. The molecule has 166 valence electrons. The van der Waals surface area contributed by atoms with Crippen molar-refractivity contribution in [2.75, 3.05) is 6.54 Å². The standard InChI is InChI=1S/C22H20ClFN4O3S/c1-27-22-8-9-28(32(29,30)18-6-2-15(11-25)3-7-18)12-19(22)21(26-27)14-31-13-16-4-5-17(24)10-20(16)23/h2-7,10H,8-9,12-14H2,1H3. The molecule has 0 N–H and O–H groups in total. The van der Waals surface area contributed by atoms with Crippen LogP contribution in [0.4, 0.5) is 4.39 Å². The van der Waals surface area contributed by atoms with E-state index in [9.17, 15) is 12.8 Å². The van der Waals surface area contributed by atoms with Crippen molar-refractivity contribution >= 4 is 21.6 Å². The van der Waals surface area contributed by atoms with E-state index >= 15 is 0 Å². The molecule has 2 heterocycles. The zero-order valence-electron chi connectivity index (χ0n) is 17.3. The first kappa shape index (κ1) is 22.4. The van der Waals surface area contributed by atoms with Crippen molar-refractivity contribution in [2.45, 2.75) is 31.1 Å². The summed E-state index contributed by atoms with van der Waals surface area (Å²) in [6.45, 7) is 0.862. The van der Waals surface area contributed by atoms with Crippen LogP contribution in [-0.4, -0.2) is 29.0 Å². The van der Waals surface area contributed by atoms with Gasteiger partial charge in [-0.15, -0.1) is 0 Å². The van der Waals surface area contributed by atoms with Gasteiger partial charge in [0.25, 0.3) is 0 Å². The molecule has 10 heteroatoms. The Morgan fingerprint density at radius 2 is 1.97 bits per heavy atom. The van der Waals surface area contributed by atoms with Crippen molar-refractivity contribution in [3.63, 3.8) is 0 Å². The van der Waals surface area contributed by atoms with Gasteiger partial charge in [-0.3, -0.25) is 4.68 Å². The molecule has 3 aromatic rings. The van der Waals surface area contributed by atoms with Gasteiger partial charge in [0.2, 0.25) is 10.0 Å². The monoisotopic (exact) mass is 474 g/mol. The third-order valence-electron chi connectivity index (χ3n) is 5.42. The van der Waals surface area contributed by atoms with Crippen LogP contribution in [0.25, 0.3) is 0 Å². The van der Waals surface area contributed by atoms with Crippen molar-refractivity contribution in [3.05, 3.63) is 81.4 Å². The van der Waals surface area contributed by atoms with Crippen molar-refractivity contribution in [1.82, 2.24) is 14.1 Å². The number of aryl methyl sites for hydroxylation is 1. The summed E-state index contributed by atoms with van der Waals surface area (Å²) in [4.78, 5) is 0.146. The second-order valence-electron chi connectivity index (χ2n) is 7.45. The fourth-order valence-corrected chi connectivity index (χ4v) is 5.34. The van der Waals surface area contributed by atoms with Crippen LogP contribution in [0.15, 0.2) is 47.4 Å². The number of ether oxygens (including phenoxy) is 1. The number of fused-ring (bicyclic) bond motifs is 1. The molecule has 0 bridgehead atoms. The van der Waals surface area contributed by atoms with Crippen LogP contribution >= 0.6 is 11.6 Å².